The molecule has 1 saturated heterocycles. The lowest BCUT2D eigenvalue weighted by atomic mass is 9.73. The van der Waals surface area contributed by atoms with Gasteiger partial charge >= 0.3 is 0 Å². The first-order valence-electron chi connectivity index (χ1n) is 12.3. The minimum atomic E-state index is 0.673. The molecule has 0 amide bonds. The number of likely N-dealkylation sites (tertiary alicyclic amines) is 1. The summed E-state index contributed by atoms with van der Waals surface area (Å²) in [6.45, 7) is 15.6. The Hall–Kier alpha value is 0.310. The Labute approximate surface area is 177 Å². The van der Waals surface area contributed by atoms with Crippen molar-refractivity contribution in [1.82, 2.24) is 4.90 Å². The second kappa shape index (κ2) is 16.1. The normalized spacial score (nSPS) is 19.9. The highest BCUT2D eigenvalue weighted by Gasteiger charge is 2.28. The molecule has 3 unspecified atom stereocenters. The first kappa shape index (κ1) is 25.3. The van der Waals surface area contributed by atoms with Gasteiger partial charge in [0, 0.05) is 12.3 Å². The third-order valence-electron chi connectivity index (χ3n) is 7.02. The molecule has 27 heavy (non-hydrogen) atoms. The number of piperidine rings is 1. The summed E-state index contributed by atoms with van der Waals surface area (Å²) in [4.78, 5) is 2.60. The van der Waals surface area contributed by atoms with E-state index in [4.69, 9.17) is 6.92 Å². The van der Waals surface area contributed by atoms with Crippen molar-refractivity contribution in [3.63, 3.8) is 0 Å². The molecule has 0 aliphatic carbocycles. The van der Waals surface area contributed by atoms with E-state index in [1.807, 2.05) is 0 Å². The lowest BCUT2D eigenvalue weighted by Gasteiger charge is -2.38. The highest BCUT2D eigenvalue weighted by atomic mass is 32.1. The number of hydrogen-bond acceptors (Lipinski definition) is 2. The standard InChI is InChI=1S/C25H50NS/c1-5-7-9-11-12-22(3)14-15-24(13-10-8-6-2)23(4)25-16-18-26(19-17-25)20-21-27/h22-25,27H,4-21H2,1-3H3. The van der Waals surface area contributed by atoms with Gasteiger partial charge in [-0.25, -0.2) is 0 Å². The van der Waals surface area contributed by atoms with E-state index in [0.29, 0.717) is 5.92 Å². The molecule has 1 rings (SSSR count). The molecule has 1 aliphatic rings. The van der Waals surface area contributed by atoms with E-state index in [9.17, 15) is 0 Å². The molecular weight excluding hydrogens is 346 g/mol. The Morgan fingerprint density at radius 2 is 1.52 bits per heavy atom. The van der Waals surface area contributed by atoms with Crippen LogP contribution in [0.1, 0.15) is 104 Å². The zero-order valence-corrected chi connectivity index (χ0v) is 19.8. The molecule has 1 radical (unpaired) electrons. The molecule has 1 aliphatic heterocycles. The Balaban J connectivity index is 2.42. The van der Waals surface area contributed by atoms with Crippen molar-refractivity contribution in [1.29, 1.82) is 0 Å². The van der Waals surface area contributed by atoms with Crippen LogP contribution in [0.4, 0.5) is 0 Å². The van der Waals surface area contributed by atoms with Crippen LogP contribution in [-0.2, 0) is 0 Å². The minimum Gasteiger partial charge on any atom is -0.303 e. The van der Waals surface area contributed by atoms with Gasteiger partial charge in [-0.3, -0.25) is 0 Å². The first-order valence-corrected chi connectivity index (χ1v) is 12.9. The largest absolute Gasteiger partial charge is 0.303 e. The van der Waals surface area contributed by atoms with E-state index < -0.39 is 0 Å². The van der Waals surface area contributed by atoms with E-state index in [1.165, 1.54) is 96.6 Å². The molecule has 3 atom stereocenters. The van der Waals surface area contributed by atoms with Crippen LogP contribution in [0.2, 0.25) is 0 Å². The van der Waals surface area contributed by atoms with Crippen LogP contribution in [0.25, 0.3) is 0 Å². The topological polar surface area (TPSA) is 3.24 Å². The van der Waals surface area contributed by atoms with Crippen LogP contribution >= 0.6 is 12.6 Å². The Morgan fingerprint density at radius 1 is 0.889 bits per heavy atom. The second-order valence-corrected chi connectivity index (χ2v) is 9.80. The van der Waals surface area contributed by atoms with Crippen LogP contribution in [0, 0.1) is 30.6 Å². The maximum atomic E-state index is 4.74. The molecule has 2 heteroatoms. The molecular formula is C25H50NS. The number of hydrogen-bond donors (Lipinski definition) is 1. The van der Waals surface area contributed by atoms with Crippen molar-refractivity contribution in [2.75, 3.05) is 25.4 Å². The van der Waals surface area contributed by atoms with E-state index >= 15 is 0 Å². The predicted octanol–water partition coefficient (Wildman–Crippen LogP) is 7.66. The van der Waals surface area contributed by atoms with Crippen molar-refractivity contribution < 1.29 is 0 Å². The molecule has 0 aromatic rings. The van der Waals surface area contributed by atoms with Gasteiger partial charge in [0.1, 0.15) is 0 Å². The molecule has 0 aromatic heterocycles. The summed E-state index contributed by atoms with van der Waals surface area (Å²) in [5.41, 5.74) is 0. The van der Waals surface area contributed by atoms with Crippen molar-refractivity contribution in [3.05, 3.63) is 6.92 Å². The van der Waals surface area contributed by atoms with E-state index in [-0.39, 0.29) is 0 Å². The minimum absolute atomic E-state index is 0.673. The molecule has 1 nitrogen and oxygen atoms in total. The second-order valence-electron chi connectivity index (χ2n) is 9.35. The van der Waals surface area contributed by atoms with Crippen molar-refractivity contribution in [2.45, 2.75) is 104 Å². The van der Waals surface area contributed by atoms with Gasteiger partial charge in [-0.05, 0) is 62.9 Å². The van der Waals surface area contributed by atoms with Crippen molar-refractivity contribution in [2.24, 2.45) is 23.7 Å². The van der Waals surface area contributed by atoms with Crippen LogP contribution in [0.5, 0.6) is 0 Å². The molecule has 0 bridgehead atoms. The Bertz CT molecular complexity index is 324. The SMILES string of the molecule is [CH2]C(C(CCCCC)CCC(C)CCCCCC)C1CCN(CCS)CC1. The Morgan fingerprint density at radius 3 is 2.15 bits per heavy atom. The maximum absolute atomic E-state index is 4.74. The summed E-state index contributed by atoms with van der Waals surface area (Å²) in [5.74, 6) is 4.28. The maximum Gasteiger partial charge on any atom is 0.00698 e. The lowest BCUT2D eigenvalue weighted by molar-refractivity contribution is 0.132. The zero-order chi connectivity index (χ0) is 19.9. The summed E-state index contributed by atoms with van der Waals surface area (Å²) < 4.78 is 0. The van der Waals surface area contributed by atoms with Crippen LogP contribution in [0.15, 0.2) is 0 Å². The summed E-state index contributed by atoms with van der Waals surface area (Å²) >= 11 is 4.40. The fourth-order valence-corrected chi connectivity index (χ4v) is 5.21. The lowest BCUT2D eigenvalue weighted by Crippen LogP contribution is -2.38. The number of nitrogens with zero attached hydrogens (tertiary/aromatic N) is 1. The van der Waals surface area contributed by atoms with E-state index in [0.717, 1.165) is 30.1 Å². The van der Waals surface area contributed by atoms with Crippen molar-refractivity contribution in [3.8, 4) is 0 Å². The summed E-state index contributed by atoms with van der Waals surface area (Å²) in [7, 11) is 0. The van der Waals surface area contributed by atoms with Gasteiger partial charge in [0.2, 0.25) is 0 Å². The van der Waals surface area contributed by atoms with Crippen LogP contribution < -0.4 is 0 Å². The zero-order valence-electron chi connectivity index (χ0n) is 18.9. The van der Waals surface area contributed by atoms with E-state index in [1.54, 1.807) is 0 Å². The first-order chi connectivity index (χ1) is 13.1. The number of thiol groups is 1. The molecule has 0 aromatic carbocycles. The number of rotatable bonds is 16. The summed E-state index contributed by atoms with van der Waals surface area (Å²) in [6, 6.07) is 0. The molecule has 0 saturated carbocycles. The third-order valence-corrected chi connectivity index (χ3v) is 7.22. The molecule has 1 fully saturated rings. The van der Waals surface area contributed by atoms with Crippen LogP contribution in [0.3, 0.4) is 0 Å². The summed E-state index contributed by atoms with van der Waals surface area (Å²) in [5, 5.41) is 0. The fourth-order valence-electron chi connectivity index (χ4n) is 4.92. The number of unbranched alkanes of at least 4 members (excludes halogenated alkanes) is 5. The average molecular weight is 397 g/mol. The Kier molecular flexibility index (Phi) is 15.2. The van der Waals surface area contributed by atoms with Gasteiger partial charge in [0.25, 0.3) is 0 Å². The third kappa shape index (κ3) is 11.2. The van der Waals surface area contributed by atoms with Gasteiger partial charge < -0.3 is 4.90 Å². The van der Waals surface area contributed by atoms with E-state index in [2.05, 4.69) is 38.3 Å². The monoisotopic (exact) mass is 396 g/mol. The van der Waals surface area contributed by atoms with Gasteiger partial charge in [-0.15, -0.1) is 0 Å². The molecule has 0 N–H and O–H groups in total. The van der Waals surface area contributed by atoms with Gasteiger partial charge in [0.05, 0.1) is 0 Å². The van der Waals surface area contributed by atoms with Gasteiger partial charge in [-0.2, -0.15) is 12.6 Å². The van der Waals surface area contributed by atoms with Gasteiger partial charge in [-0.1, -0.05) is 85.0 Å². The van der Waals surface area contributed by atoms with Crippen LogP contribution in [-0.4, -0.2) is 30.3 Å². The fraction of sp³-hybridized carbons (Fsp3) is 0.960. The molecule has 0 spiro atoms. The predicted molar refractivity (Wildman–Crippen MR) is 127 cm³/mol. The molecule has 1 heterocycles. The highest BCUT2D eigenvalue weighted by molar-refractivity contribution is 7.80. The van der Waals surface area contributed by atoms with Crippen molar-refractivity contribution >= 4 is 12.6 Å². The van der Waals surface area contributed by atoms with Gasteiger partial charge in [0.15, 0.2) is 0 Å². The highest BCUT2D eigenvalue weighted by Crippen LogP contribution is 2.36. The average Bonchev–Trinajstić information content (AvgIpc) is 2.68. The smallest absolute Gasteiger partial charge is 0.00698 e. The summed E-state index contributed by atoms with van der Waals surface area (Å²) in [6.07, 6.45) is 18.2. The quantitative estimate of drug-likeness (QED) is 0.207. The molecule has 161 valence electrons.